The minimum atomic E-state index is 0.136. The maximum atomic E-state index is 11.2. The van der Waals surface area contributed by atoms with Gasteiger partial charge in [-0.2, -0.15) is 0 Å². The van der Waals surface area contributed by atoms with E-state index in [9.17, 15) is 4.79 Å². The number of amides is 1. The molecule has 1 heterocycles. The zero-order valence-electron chi connectivity index (χ0n) is 8.92. The number of nitrogens with one attached hydrogen (secondary N) is 2. The maximum Gasteiger partial charge on any atom is 0.221 e. The number of carbonyl (C=O) groups excluding carboxylic acids is 1. The van der Waals surface area contributed by atoms with Crippen LogP contribution < -0.4 is 10.6 Å². The zero-order chi connectivity index (χ0) is 10.7. The molecular formula is C12H16N2O. The lowest BCUT2D eigenvalue weighted by Crippen LogP contribution is -2.28. The molecule has 80 valence electrons. The molecule has 1 aromatic carbocycles. The van der Waals surface area contributed by atoms with Crippen molar-refractivity contribution in [2.75, 3.05) is 13.1 Å². The van der Waals surface area contributed by atoms with Gasteiger partial charge in [0.05, 0.1) is 0 Å². The standard InChI is InChI=1S/C12H16N2O/c1-9-2-4-10(5-3-9)11-8-14-12(15)6-7-13-11/h2-5,11,13H,6-8H2,1H3,(H,14,15). The predicted molar refractivity (Wildman–Crippen MR) is 59.5 cm³/mol. The molecule has 2 N–H and O–H groups in total. The Kier molecular flexibility index (Phi) is 3.02. The molecule has 0 saturated carbocycles. The van der Waals surface area contributed by atoms with Crippen LogP contribution in [-0.2, 0) is 4.79 Å². The van der Waals surface area contributed by atoms with Gasteiger partial charge >= 0.3 is 0 Å². The zero-order valence-corrected chi connectivity index (χ0v) is 8.92. The summed E-state index contributed by atoms with van der Waals surface area (Å²) < 4.78 is 0. The molecule has 1 atom stereocenters. The van der Waals surface area contributed by atoms with Crippen molar-refractivity contribution in [3.05, 3.63) is 35.4 Å². The van der Waals surface area contributed by atoms with Gasteiger partial charge in [0.25, 0.3) is 0 Å². The van der Waals surface area contributed by atoms with E-state index >= 15 is 0 Å². The molecule has 0 radical (unpaired) electrons. The van der Waals surface area contributed by atoms with Crippen molar-refractivity contribution in [1.29, 1.82) is 0 Å². The molecule has 2 rings (SSSR count). The lowest BCUT2D eigenvalue weighted by Gasteiger charge is -2.15. The molecule has 0 aliphatic carbocycles. The van der Waals surface area contributed by atoms with Crippen molar-refractivity contribution in [2.45, 2.75) is 19.4 Å². The van der Waals surface area contributed by atoms with Gasteiger partial charge < -0.3 is 10.6 Å². The Labute approximate surface area is 89.9 Å². The average Bonchev–Trinajstić information content (AvgIpc) is 2.44. The Morgan fingerprint density at radius 1 is 1.27 bits per heavy atom. The number of hydrogen-bond donors (Lipinski definition) is 2. The number of hydrogen-bond acceptors (Lipinski definition) is 2. The number of aryl methyl sites for hydroxylation is 1. The second kappa shape index (κ2) is 4.45. The van der Waals surface area contributed by atoms with Crippen molar-refractivity contribution in [1.82, 2.24) is 10.6 Å². The molecule has 3 nitrogen and oxygen atoms in total. The SMILES string of the molecule is Cc1ccc(C2CNC(=O)CCN2)cc1. The topological polar surface area (TPSA) is 41.1 Å². The summed E-state index contributed by atoms with van der Waals surface area (Å²) in [6, 6.07) is 8.68. The maximum absolute atomic E-state index is 11.2. The minimum Gasteiger partial charge on any atom is -0.354 e. The van der Waals surface area contributed by atoms with Gasteiger partial charge in [-0.05, 0) is 12.5 Å². The van der Waals surface area contributed by atoms with E-state index in [1.165, 1.54) is 11.1 Å². The quantitative estimate of drug-likeness (QED) is 0.720. The predicted octanol–water partition coefficient (Wildman–Crippen LogP) is 1.15. The molecule has 0 bridgehead atoms. The van der Waals surface area contributed by atoms with E-state index in [0.717, 1.165) is 6.54 Å². The summed E-state index contributed by atoms with van der Waals surface area (Å²) in [5.41, 5.74) is 2.50. The summed E-state index contributed by atoms with van der Waals surface area (Å²) in [6.45, 7) is 3.51. The van der Waals surface area contributed by atoms with Crippen molar-refractivity contribution in [2.24, 2.45) is 0 Å². The largest absolute Gasteiger partial charge is 0.354 e. The monoisotopic (exact) mass is 204 g/mol. The van der Waals surface area contributed by atoms with Gasteiger partial charge in [-0.15, -0.1) is 0 Å². The van der Waals surface area contributed by atoms with E-state index in [0.29, 0.717) is 13.0 Å². The first-order valence-electron chi connectivity index (χ1n) is 5.32. The Morgan fingerprint density at radius 2 is 2.00 bits per heavy atom. The van der Waals surface area contributed by atoms with Crippen LogP contribution in [-0.4, -0.2) is 19.0 Å². The summed E-state index contributed by atoms with van der Waals surface area (Å²) in [7, 11) is 0. The van der Waals surface area contributed by atoms with Crippen LogP contribution in [0.3, 0.4) is 0 Å². The van der Waals surface area contributed by atoms with Gasteiger partial charge in [0.1, 0.15) is 0 Å². The van der Waals surface area contributed by atoms with Gasteiger partial charge in [-0.25, -0.2) is 0 Å². The van der Waals surface area contributed by atoms with Crippen molar-refractivity contribution < 1.29 is 4.79 Å². The van der Waals surface area contributed by atoms with E-state index in [2.05, 4.69) is 41.8 Å². The summed E-state index contributed by atoms with van der Waals surface area (Å²) in [4.78, 5) is 11.2. The highest BCUT2D eigenvalue weighted by molar-refractivity contribution is 5.76. The first-order chi connectivity index (χ1) is 7.25. The molecule has 1 aliphatic heterocycles. The summed E-state index contributed by atoms with van der Waals surface area (Å²) in [6.07, 6.45) is 0.572. The van der Waals surface area contributed by atoms with Gasteiger partial charge in [0.2, 0.25) is 5.91 Å². The summed E-state index contributed by atoms with van der Waals surface area (Å²) >= 11 is 0. The summed E-state index contributed by atoms with van der Waals surface area (Å²) in [5, 5.41) is 6.27. The van der Waals surface area contributed by atoms with Gasteiger partial charge in [0, 0.05) is 25.6 Å². The fourth-order valence-corrected chi connectivity index (χ4v) is 1.77. The second-order valence-corrected chi connectivity index (χ2v) is 3.97. The molecule has 1 unspecified atom stereocenters. The first-order valence-corrected chi connectivity index (χ1v) is 5.32. The highest BCUT2D eigenvalue weighted by Gasteiger charge is 2.15. The Balaban J connectivity index is 2.09. The van der Waals surface area contributed by atoms with Crippen LogP contribution in [0.25, 0.3) is 0 Å². The normalized spacial score (nSPS) is 21.9. The van der Waals surface area contributed by atoms with Crippen LogP contribution in [0.2, 0.25) is 0 Å². The third-order valence-electron chi connectivity index (χ3n) is 2.73. The van der Waals surface area contributed by atoms with E-state index in [-0.39, 0.29) is 11.9 Å². The van der Waals surface area contributed by atoms with Gasteiger partial charge in [0.15, 0.2) is 0 Å². The molecule has 0 aromatic heterocycles. The highest BCUT2D eigenvalue weighted by atomic mass is 16.1. The third-order valence-corrected chi connectivity index (χ3v) is 2.73. The Hall–Kier alpha value is -1.35. The van der Waals surface area contributed by atoms with E-state index in [4.69, 9.17) is 0 Å². The van der Waals surface area contributed by atoms with Gasteiger partial charge in [-0.3, -0.25) is 4.79 Å². The number of rotatable bonds is 1. The van der Waals surface area contributed by atoms with Crippen LogP contribution in [0.4, 0.5) is 0 Å². The molecule has 1 saturated heterocycles. The first kappa shape index (κ1) is 10.2. The lowest BCUT2D eigenvalue weighted by molar-refractivity contribution is -0.120. The minimum absolute atomic E-state index is 0.136. The van der Waals surface area contributed by atoms with Crippen molar-refractivity contribution in [3.63, 3.8) is 0 Å². The smallest absolute Gasteiger partial charge is 0.221 e. The Morgan fingerprint density at radius 3 is 2.73 bits per heavy atom. The number of benzene rings is 1. The van der Waals surface area contributed by atoms with Crippen LogP contribution >= 0.6 is 0 Å². The van der Waals surface area contributed by atoms with Crippen LogP contribution in [0.15, 0.2) is 24.3 Å². The molecule has 1 aromatic rings. The lowest BCUT2D eigenvalue weighted by atomic mass is 10.1. The van der Waals surface area contributed by atoms with Crippen LogP contribution in [0.5, 0.6) is 0 Å². The van der Waals surface area contributed by atoms with E-state index < -0.39 is 0 Å². The summed E-state index contributed by atoms with van der Waals surface area (Å²) in [5.74, 6) is 0.136. The molecule has 3 heteroatoms. The van der Waals surface area contributed by atoms with Crippen LogP contribution in [0, 0.1) is 6.92 Å². The molecule has 1 aliphatic rings. The molecule has 0 spiro atoms. The van der Waals surface area contributed by atoms with E-state index in [1.807, 2.05) is 0 Å². The second-order valence-electron chi connectivity index (χ2n) is 3.97. The van der Waals surface area contributed by atoms with E-state index in [1.54, 1.807) is 0 Å². The third kappa shape index (κ3) is 2.57. The molecule has 1 fully saturated rings. The van der Waals surface area contributed by atoms with Gasteiger partial charge in [-0.1, -0.05) is 29.8 Å². The van der Waals surface area contributed by atoms with Crippen molar-refractivity contribution >= 4 is 5.91 Å². The molecule has 15 heavy (non-hydrogen) atoms. The molecular weight excluding hydrogens is 188 g/mol. The molecule has 1 amide bonds. The highest BCUT2D eigenvalue weighted by Crippen LogP contribution is 2.14. The van der Waals surface area contributed by atoms with Crippen LogP contribution in [0.1, 0.15) is 23.6 Å². The average molecular weight is 204 g/mol. The Bertz CT molecular complexity index is 345. The fraction of sp³-hybridized carbons (Fsp3) is 0.417. The number of carbonyl (C=O) groups is 1. The fourth-order valence-electron chi connectivity index (χ4n) is 1.77. The van der Waals surface area contributed by atoms with Crippen molar-refractivity contribution in [3.8, 4) is 0 Å².